The second-order valence-electron chi connectivity index (χ2n) is 5.14. The van der Waals surface area contributed by atoms with Crippen LogP contribution in [0.4, 0.5) is 10.7 Å². The van der Waals surface area contributed by atoms with Crippen LogP contribution < -0.4 is 16.0 Å². The van der Waals surface area contributed by atoms with E-state index >= 15 is 0 Å². The van der Waals surface area contributed by atoms with Crippen molar-refractivity contribution in [3.8, 4) is 0 Å². The molecule has 0 saturated carbocycles. The maximum absolute atomic E-state index is 12.3. The highest BCUT2D eigenvalue weighted by Crippen LogP contribution is 2.23. The van der Waals surface area contributed by atoms with E-state index in [0.29, 0.717) is 17.1 Å². The summed E-state index contributed by atoms with van der Waals surface area (Å²) < 4.78 is 0. The van der Waals surface area contributed by atoms with Crippen molar-refractivity contribution in [3.05, 3.63) is 47.3 Å². The number of hydrogen-bond acceptors (Lipinski definition) is 5. The van der Waals surface area contributed by atoms with Crippen molar-refractivity contribution in [1.82, 2.24) is 0 Å². The number of rotatable bonds is 7. The lowest BCUT2D eigenvalue weighted by molar-refractivity contribution is -0.115. The summed E-state index contributed by atoms with van der Waals surface area (Å²) in [6.45, 7) is 2.05. The first-order valence-electron chi connectivity index (χ1n) is 7.12. The molecule has 0 aliphatic heterocycles. The molecule has 4 N–H and O–H groups in total. The largest absolute Gasteiger partial charge is 0.392 e. The van der Waals surface area contributed by atoms with Crippen molar-refractivity contribution in [1.29, 1.82) is 0 Å². The molecule has 7 heteroatoms. The zero-order valence-electron chi connectivity index (χ0n) is 12.7. The highest BCUT2D eigenvalue weighted by Gasteiger charge is 2.16. The number of carbonyl (C=O) groups excluding carboxylic acids is 2. The molecule has 0 unspecified atom stereocenters. The predicted octanol–water partition coefficient (Wildman–Crippen LogP) is 1.67. The monoisotopic (exact) mass is 333 g/mol. The molecule has 122 valence electrons. The normalized spacial score (nSPS) is 11.7. The Morgan fingerprint density at radius 1 is 1.30 bits per heavy atom. The Hall–Kier alpha value is -2.38. The van der Waals surface area contributed by atoms with E-state index in [1.54, 1.807) is 23.3 Å². The topological polar surface area (TPSA) is 95.7 Å². The Balaban J connectivity index is 2.08. The van der Waals surface area contributed by atoms with Crippen LogP contribution in [0.1, 0.15) is 17.3 Å². The first-order chi connectivity index (χ1) is 11.0. The standard InChI is InChI=1S/C16H19N3O3S/c1-11(20)9-19(12-5-3-2-4-6-12)10-14(21)18-16-13(15(17)22)7-8-23-16/h2-8,11,20H,9-10H2,1H3,(H2,17,22)(H,18,21)/t11-/m0/s1. The van der Waals surface area contributed by atoms with Gasteiger partial charge in [-0.15, -0.1) is 11.3 Å². The molecule has 0 saturated heterocycles. The second kappa shape index (κ2) is 7.75. The number of aliphatic hydroxyl groups excluding tert-OH is 1. The third-order valence-electron chi connectivity index (χ3n) is 3.12. The number of thiophene rings is 1. The smallest absolute Gasteiger partial charge is 0.251 e. The van der Waals surface area contributed by atoms with Crippen LogP contribution in [0.25, 0.3) is 0 Å². The minimum absolute atomic E-state index is 0.0605. The molecule has 2 amide bonds. The van der Waals surface area contributed by atoms with Crippen molar-refractivity contribution in [2.75, 3.05) is 23.3 Å². The molecule has 0 fully saturated rings. The highest BCUT2D eigenvalue weighted by molar-refractivity contribution is 7.14. The highest BCUT2D eigenvalue weighted by atomic mass is 32.1. The average molecular weight is 333 g/mol. The molecule has 6 nitrogen and oxygen atoms in total. The van der Waals surface area contributed by atoms with E-state index in [4.69, 9.17) is 5.73 Å². The van der Waals surface area contributed by atoms with Gasteiger partial charge in [-0.1, -0.05) is 18.2 Å². The fourth-order valence-corrected chi connectivity index (χ4v) is 2.97. The lowest BCUT2D eigenvalue weighted by atomic mass is 10.2. The lowest BCUT2D eigenvalue weighted by Crippen LogP contribution is -2.37. The molecule has 2 rings (SSSR count). The zero-order chi connectivity index (χ0) is 16.8. The van der Waals surface area contributed by atoms with E-state index in [1.165, 1.54) is 11.3 Å². The van der Waals surface area contributed by atoms with Gasteiger partial charge >= 0.3 is 0 Å². The van der Waals surface area contributed by atoms with Crippen LogP contribution >= 0.6 is 11.3 Å². The number of primary amides is 1. The SMILES string of the molecule is C[C@H](O)CN(CC(=O)Nc1sccc1C(N)=O)c1ccccc1. The Kier molecular flexibility index (Phi) is 5.72. The van der Waals surface area contributed by atoms with Crippen molar-refractivity contribution in [2.45, 2.75) is 13.0 Å². The number of aliphatic hydroxyl groups is 1. The number of carbonyl (C=O) groups is 2. The maximum Gasteiger partial charge on any atom is 0.251 e. The first-order valence-corrected chi connectivity index (χ1v) is 8.00. The molecule has 1 atom stereocenters. The summed E-state index contributed by atoms with van der Waals surface area (Å²) >= 11 is 1.24. The van der Waals surface area contributed by atoms with Crippen LogP contribution in [0, 0.1) is 0 Å². The number of para-hydroxylation sites is 1. The number of nitrogens with two attached hydrogens (primary N) is 1. The number of amides is 2. The fraction of sp³-hybridized carbons (Fsp3) is 0.250. The zero-order valence-corrected chi connectivity index (χ0v) is 13.5. The van der Waals surface area contributed by atoms with Gasteiger partial charge in [0.1, 0.15) is 5.00 Å². The van der Waals surface area contributed by atoms with Gasteiger partial charge in [0.2, 0.25) is 5.91 Å². The van der Waals surface area contributed by atoms with E-state index < -0.39 is 12.0 Å². The average Bonchev–Trinajstić information content (AvgIpc) is 2.95. The van der Waals surface area contributed by atoms with Crippen LogP contribution in [0.5, 0.6) is 0 Å². The molecule has 1 heterocycles. The Morgan fingerprint density at radius 3 is 2.61 bits per heavy atom. The Labute approximate surface area is 138 Å². The minimum Gasteiger partial charge on any atom is -0.392 e. The van der Waals surface area contributed by atoms with Crippen molar-refractivity contribution < 1.29 is 14.7 Å². The summed E-state index contributed by atoms with van der Waals surface area (Å²) in [6, 6.07) is 10.9. The van der Waals surface area contributed by atoms with Crippen molar-refractivity contribution in [3.63, 3.8) is 0 Å². The summed E-state index contributed by atoms with van der Waals surface area (Å²) in [4.78, 5) is 25.3. The summed E-state index contributed by atoms with van der Waals surface area (Å²) in [6.07, 6.45) is -0.578. The van der Waals surface area contributed by atoms with Crippen LogP contribution in [-0.2, 0) is 4.79 Å². The van der Waals surface area contributed by atoms with Crippen LogP contribution in [0.3, 0.4) is 0 Å². The molecule has 0 spiro atoms. The molecular weight excluding hydrogens is 314 g/mol. The molecule has 23 heavy (non-hydrogen) atoms. The van der Waals surface area contributed by atoms with Crippen LogP contribution in [0.2, 0.25) is 0 Å². The molecule has 0 radical (unpaired) electrons. The molecule has 0 bridgehead atoms. The number of nitrogens with zero attached hydrogens (tertiary/aromatic N) is 1. The molecule has 1 aromatic heterocycles. The van der Waals surface area contributed by atoms with Gasteiger partial charge in [-0.3, -0.25) is 9.59 Å². The lowest BCUT2D eigenvalue weighted by Gasteiger charge is -2.25. The number of hydrogen-bond donors (Lipinski definition) is 3. The number of anilines is 2. The van der Waals surface area contributed by atoms with Gasteiger partial charge in [-0.25, -0.2) is 0 Å². The first kappa shape index (κ1) is 17.0. The van der Waals surface area contributed by atoms with E-state index in [2.05, 4.69) is 5.32 Å². The molecule has 1 aromatic carbocycles. The van der Waals surface area contributed by atoms with E-state index in [-0.39, 0.29) is 12.5 Å². The molecule has 0 aliphatic rings. The van der Waals surface area contributed by atoms with Gasteiger partial charge in [0, 0.05) is 12.2 Å². The number of nitrogens with one attached hydrogen (secondary N) is 1. The van der Waals surface area contributed by atoms with Gasteiger partial charge in [-0.05, 0) is 30.5 Å². The number of benzene rings is 1. The summed E-state index contributed by atoms with van der Waals surface area (Å²) in [5.74, 6) is -0.857. The van der Waals surface area contributed by atoms with Gasteiger partial charge < -0.3 is 21.1 Å². The van der Waals surface area contributed by atoms with E-state index in [9.17, 15) is 14.7 Å². The van der Waals surface area contributed by atoms with E-state index in [0.717, 1.165) is 5.69 Å². The van der Waals surface area contributed by atoms with Crippen LogP contribution in [-0.4, -0.2) is 36.1 Å². The second-order valence-corrected chi connectivity index (χ2v) is 6.06. The summed E-state index contributed by atoms with van der Waals surface area (Å²) in [5.41, 5.74) is 6.40. The van der Waals surface area contributed by atoms with Gasteiger partial charge in [-0.2, -0.15) is 0 Å². The third-order valence-corrected chi connectivity index (χ3v) is 3.95. The van der Waals surface area contributed by atoms with Gasteiger partial charge in [0.05, 0.1) is 18.2 Å². The Morgan fingerprint density at radius 2 is 2.00 bits per heavy atom. The van der Waals surface area contributed by atoms with Gasteiger partial charge in [0.25, 0.3) is 5.91 Å². The maximum atomic E-state index is 12.3. The van der Waals surface area contributed by atoms with Gasteiger partial charge in [0.15, 0.2) is 0 Å². The Bertz CT molecular complexity index is 670. The summed E-state index contributed by atoms with van der Waals surface area (Å²) in [7, 11) is 0. The van der Waals surface area contributed by atoms with Crippen molar-refractivity contribution >= 4 is 33.8 Å². The fourth-order valence-electron chi connectivity index (χ4n) is 2.16. The minimum atomic E-state index is -0.578. The predicted molar refractivity (Wildman–Crippen MR) is 91.8 cm³/mol. The molecule has 0 aliphatic carbocycles. The third kappa shape index (κ3) is 4.80. The molecular formula is C16H19N3O3S. The van der Waals surface area contributed by atoms with E-state index in [1.807, 2.05) is 30.3 Å². The quantitative estimate of drug-likeness (QED) is 0.718. The summed E-state index contributed by atoms with van der Waals surface area (Å²) in [5, 5.41) is 14.5. The van der Waals surface area contributed by atoms with Crippen molar-refractivity contribution in [2.24, 2.45) is 5.73 Å². The molecule has 2 aromatic rings. The van der Waals surface area contributed by atoms with Crippen LogP contribution in [0.15, 0.2) is 41.8 Å².